The molecule has 0 aliphatic rings. The number of rotatable bonds is 3. The number of nitrogens with two attached hydrogens (primary N) is 1. The van der Waals surface area contributed by atoms with Gasteiger partial charge in [0.1, 0.15) is 5.92 Å². The Morgan fingerprint density at radius 2 is 2.44 bits per heavy atom. The first kappa shape index (κ1) is 7.99. The smallest absolute Gasteiger partial charge is 0.318 e. The Kier molecular flexibility index (Phi) is 3.49. The minimum Gasteiger partial charge on any atom is -0.480 e. The molecule has 0 radical (unpaired) electrons. The Hall–Kier alpha value is -1.01. The third kappa shape index (κ3) is 2.73. The van der Waals surface area contributed by atoms with Crippen LogP contribution in [0.4, 0.5) is 0 Å². The van der Waals surface area contributed by atoms with E-state index in [9.17, 15) is 4.79 Å². The fraction of sp³-hybridized carbons (Fsp3) is 0.500. The van der Waals surface area contributed by atoms with Gasteiger partial charge in [-0.15, -0.1) is 6.42 Å². The highest BCUT2D eigenvalue weighted by Gasteiger charge is 2.11. The predicted octanol–water partition coefficient (Wildman–Crippen LogP) is -0.331. The highest BCUT2D eigenvalue weighted by molar-refractivity contribution is 5.73. The normalized spacial score (nSPS) is 12.0. The molecule has 0 aromatic heterocycles. The van der Waals surface area contributed by atoms with E-state index < -0.39 is 11.9 Å². The molecular formula is C6H9NO2. The zero-order valence-electron chi connectivity index (χ0n) is 5.00. The van der Waals surface area contributed by atoms with Crippen LogP contribution in [-0.4, -0.2) is 17.6 Å². The van der Waals surface area contributed by atoms with Crippen molar-refractivity contribution in [3.63, 3.8) is 0 Å². The SMILES string of the molecule is C#CC(CCN)C(=O)O. The first-order valence-corrected chi connectivity index (χ1v) is 2.61. The third-order valence-electron chi connectivity index (χ3n) is 0.955. The standard InChI is InChI=1S/C6H9NO2/c1-2-5(3-4-7)6(8)9/h1,5H,3-4,7H2,(H,8,9). The lowest BCUT2D eigenvalue weighted by atomic mass is 10.1. The van der Waals surface area contributed by atoms with E-state index in [0.717, 1.165) is 0 Å². The van der Waals surface area contributed by atoms with Crippen molar-refractivity contribution in [3.8, 4) is 12.3 Å². The molecule has 0 heterocycles. The van der Waals surface area contributed by atoms with Crippen molar-refractivity contribution in [1.82, 2.24) is 0 Å². The maximum absolute atomic E-state index is 10.1. The minimum atomic E-state index is -0.969. The van der Waals surface area contributed by atoms with Crippen molar-refractivity contribution in [2.24, 2.45) is 11.7 Å². The van der Waals surface area contributed by atoms with Gasteiger partial charge in [-0.25, -0.2) is 0 Å². The maximum atomic E-state index is 10.1. The molecule has 0 fully saturated rings. The van der Waals surface area contributed by atoms with E-state index in [4.69, 9.17) is 17.3 Å². The fourth-order valence-electron chi connectivity index (χ4n) is 0.445. The number of hydrogen-bond acceptors (Lipinski definition) is 2. The minimum absolute atomic E-state index is 0.321. The Morgan fingerprint density at radius 3 is 2.56 bits per heavy atom. The van der Waals surface area contributed by atoms with Crippen LogP contribution in [0.2, 0.25) is 0 Å². The Labute approximate surface area is 53.9 Å². The van der Waals surface area contributed by atoms with Crippen molar-refractivity contribution in [1.29, 1.82) is 0 Å². The summed E-state index contributed by atoms with van der Waals surface area (Å²) < 4.78 is 0. The number of carboxylic acids is 1. The number of hydrogen-bond donors (Lipinski definition) is 2. The number of aliphatic carboxylic acids is 1. The van der Waals surface area contributed by atoms with Gasteiger partial charge >= 0.3 is 5.97 Å². The monoisotopic (exact) mass is 127 g/mol. The van der Waals surface area contributed by atoms with Crippen molar-refractivity contribution in [2.75, 3.05) is 6.54 Å². The Morgan fingerprint density at radius 1 is 1.89 bits per heavy atom. The largest absolute Gasteiger partial charge is 0.480 e. The van der Waals surface area contributed by atoms with Crippen LogP contribution in [0.1, 0.15) is 6.42 Å². The van der Waals surface area contributed by atoms with Gasteiger partial charge in [-0.2, -0.15) is 0 Å². The lowest BCUT2D eigenvalue weighted by Crippen LogP contribution is -2.15. The van der Waals surface area contributed by atoms with Crippen LogP contribution in [0, 0.1) is 18.3 Å². The summed E-state index contributed by atoms with van der Waals surface area (Å²) in [6.45, 7) is 0.321. The van der Waals surface area contributed by atoms with Crippen molar-refractivity contribution in [2.45, 2.75) is 6.42 Å². The molecule has 0 rings (SSSR count). The average molecular weight is 127 g/mol. The molecule has 0 aliphatic heterocycles. The topological polar surface area (TPSA) is 63.3 Å². The van der Waals surface area contributed by atoms with Crippen LogP contribution in [0.25, 0.3) is 0 Å². The van der Waals surface area contributed by atoms with Crippen LogP contribution in [0.5, 0.6) is 0 Å². The van der Waals surface area contributed by atoms with E-state index in [0.29, 0.717) is 13.0 Å². The van der Waals surface area contributed by atoms with Gasteiger partial charge in [0.05, 0.1) is 0 Å². The van der Waals surface area contributed by atoms with Gasteiger partial charge in [0, 0.05) is 0 Å². The fourth-order valence-corrected chi connectivity index (χ4v) is 0.445. The van der Waals surface area contributed by atoms with Gasteiger partial charge in [-0.1, -0.05) is 5.92 Å². The molecule has 0 spiro atoms. The molecule has 0 amide bonds. The summed E-state index contributed by atoms with van der Waals surface area (Å²) in [6, 6.07) is 0. The maximum Gasteiger partial charge on any atom is 0.318 e. The van der Waals surface area contributed by atoms with Crippen LogP contribution in [0.3, 0.4) is 0 Å². The Bertz CT molecular complexity index is 136. The van der Waals surface area contributed by atoms with E-state index in [1.807, 2.05) is 0 Å². The molecular weight excluding hydrogens is 118 g/mol. The third-order valence-corrected chi connectivity index (χ3v) is 0.955. The molecule has 3 heteroatoms. The highest BCUT2D eigenvalue weighted by atomic mass is 16.4. The van der Waals surface area contributed by atoms with Crippen LogP contribution in [0.15, 0.2) is 0 Å². The second-order valence-electron chi connectivity index (χ2n) is 1.63. The van der Waals surface area contributed by atoms with Crippen molar-refractivity contribution < 1.29 is 9.90 Å². The highest BCUT2D eigenvalue weighted by Crippen LogP contribution is 1.97. The van der Waals surface area contributed by atoms with Gasteiger partial charge in [0.2, 0.25) is 0 Å². The summed E-state index contributed by atoms with van der Waals surface area (Å²) in [5.74, 6) is 0.440. The van der Waals surface area contributed by atoms with Crippen molar-refractivity contribution >= 4 is 5.97 Å². The molecule has 0 aliphatic carbocycles. The lowest BCUT2D eigenvalue weighted by Gasteiger charge is -1.99. The predicted molar refractivity (Wildman–Crippen MR) is 33.6 cm³/mol. The molecule has 3 N–H and O–H groups in total. The Balaban J connectivity index is 3.72. The van der Waals surface area contributed by atoms with Gasteiger partial charge in [0.15, 0.2) is 0 Å². The summed E-state index contributed by atoms with van der Waals surface area (Å²) >= 11 is 0. The average Bonchev–Trinajstić information content (AvgIpc) is 1.82. The molecule has 50 valence electrons. The van der Waals surface area contributed by atoms with Crippen molar-refractivity contribution in [3.05, 3.63) is 0 Å². The summed E-state index contributed by atoms with van der Waals surface area (Å²) in [6.07, 6.45) is 5.23. The van der Waals surface area contributed by atoms with E-state index >= 15 is 0 Å². The molecule has 0 saturated heterocycles. The summed E-state index contributed by atoms with van der Waals surface area (Å²) in [7, 11) is 0. The quantitative estimate of drug-likeness (QED) is 0.510. The van der Waals surface area contributed by atoms with Gasteiger partial charge < -0.3 is 10.8 Å². The molecule has 1 unspecified atom stereocenters. The van der Waals surface area contributed by atoms with Crippen LogP contribution < -0.4 is 5.73 Å². The zero-order valence-corrected chi connectivity index (χ0v) is 5.00. The van der Waals surface area contributed by atoms with Crippen LogP contribution in [-0.2, 0) is 4.79 Å². The zero-order chi connectivity index (χ0) is 7.28. The van der Waals surface area contributed by atoms with Gasteiger partial charge in [0.25, 0.3) is 0 Å². The summed E-state index contributed by atoms with van der Waals surface area (Å²) in [5.41, 5.74) is 5.08. The van der Waals surface area contributed by atoms with E-state index in [1.54, 1.807) is 0 Å². The number of carbonyl (C=O) groups is 1. The van der Waals surface area contributed by atoms with E-state index in [-0.39, 0.29) is 0 Å². The summed E-state index contributed by atoms with van der Waals surface area (Å²) in [4.78, 5) is 10.1. The molecule has 0 saturated carbocycles. The first-order chi connectivity index (χ1) is 4.22. The number of terminal acetylenes is 1. The number of carboxylic acid groups (broad SMARTS) is 1. The molecule has 0 aromatic carbocycles. The van der Waals surface area contributed by atoms with Gasteiger partial charge in [-0.3, -0.25) is 4.79 Å². The molecule has 0 bridgehead atoms. The molecule has 9 heavy (non-hydrogen) atoms. The van der Waals surface area contributed by atoms with E-state index in [1.165, 1.54) is 0 Å². The van der Waals surface area contributed by atoms with E-state index in [2.05, 4.69) is 5.92 Å². The lowest BCUT2D eigenvalue weighted by molar-refractivity contribution is -0.139. The second-order valence-corrected chi connectivity index (χ2v) is 1.63. The van der Waals surface area contributed by atoms with Crippen LogP contribution >= 0.6 is 0 Å². The van der Waals surface area contributed by atoms with Gasteiger partial charge in [-0.05, 0) is 13.0 Å². The molecule has 1 atom stereocenters. The first-order valence-electron chi connectivity index (χ1n) is 2.61. The molecule has 3 nitrogen and oxygen atoms in total. The second kappa shape index (κ2) is 3.93. The summed E-state index contributed by atoms with van der Waals surface area (Å²) in [5, 5.41) is 8.31. The molecule has 0 aromatic rings.